The number of aryl methyl sites for hydroxylation is 2. The van der Waals surface area contributed by atoms with E-state index in [1.807, 2.05) is 51.1 Å². The lowest BCUT2D eigenvalue weighted by atomic mass is 10.1. The van der Waals surface area contributed by atoms with Crippen molar-refractivity contribution in [2.45, 2.75) is 32.3 Å². The fraction of sp³-hybridized carbons (Fsp3) is 0.240. The first-order chi connectivity index (χ1) is 15.3. The van der Waals surface area contributed by atoms with Crippen LogP contribution in [0.4, 0.5) is 0 Å². The Kier molecular flexibility index (Phi) is 7.53. The number of benzene rings is 3. The molecule has 3 rings (SSSR count). The van der Waals surface area contributed by atoms with Crippen LogP contribution >= 0.6 is 0 Å². The summed E-state index contributed by atoms with van der Waals surface area (Å²) in [5.74, 6) is 1.20. The fourth-order valence-corrected chi connectivity index (χ4v) is 3.95. The standard InChI is InChI=1S/C25H28N2O4S/c1-5-30-25-16-21(12-15-24(25)31-18-22-9-7-6-8-20(22)3)17-26-27(4)32(28,29)23-13-10-19(2)11-14-23/h6-17H,5,18H2,1-4H3. The zero-order valence-corrected chi connectivity index (χ0v) is 19.6. The average molecular weight is 453 g/mol. The molecule has 0 saturated carbocycles. The van der Waals surface area contributed by atoms with Gasteiger partial charge in [-0.1, -0.05) is 42.0 Å². The molecule has 0 heterocycles. The van der Waals surface area contributed by atoms with Gasteiger partial charge in [-0.3, -0.25) is 0 Å². The third kappa shape index (κ3) is 5.68. The van der Waals surface area contributed by atoms with E-state index in [0.717, 1.165) is 21.1 Å². The molecule has 0 aliphatic carbocycles. The predicted octanol–water partition coefficient (Wildman–Crippen LogP) is 4.94. The molecule has 32 heavy (non-hydrogen) atoms. The number of hydrazone groups is 1. The van der Waals surface area contributed by atoms with Crippen LogP contribution in [0.3, 0.4) is 0 Å². The van der Waals surface area contributed by atoms with Crippen molar-refractivity contribution in [3.05, 3.63) is 89.0 Å². The van der Waals surface area contributed by atoms with Crippen LogP contribution < -0.4 is 9.47 Å². The van der Waals surface area contributed by atoms with Crippen molar-refractivity contribution in [3.63, 3.8) is 0 Å². The first kappa shape index (κ1) is 23.3. The predicted molar refractivity (Wildman–Crippen MR) is 127 cm³/mol. The van der Waals surface area contributed by atoms with Gasteiger partial charge in [0.05, 0.1) is 17.7 Å². The minimum absolute atomic E-state index is 0.192. The van der Waals surface area contributed by atoms with Crippen LogP contribution in [0.1, 0.15) is 29.2 Å². The van der Waals surface area contributed by atoms with E-state index >= 15 is 0 Å². The summed E-state index contributed by atoms with van der Waals surface area (Å²) in [5.41, 5.74) is 3.95. The molecule has 0 atom stereocenters. The molecule has 0 unspecified atom stereocenters. The van der Waals surface area contributed by atoms with Gasteiger partial charge in [-0.25, -0.2) is 0 Å². The second-order valence-corrected chi connectivity index (χ2v) is 9.30. The zero-order valence-electron chi connectivity index (χ0n) is 18.8. The van der Waals surface area contributed by atoms with Gasteiger partial charge in [-0.2, -0.15) is 17.9 Å². The molecule has 0 aliphatic rings. The Morgan fingerprint density at radius 1 is 0.938 bits per heavy atom. The zero-order chi connectivity index (χ0) is 23.1. The molecular weight excluding hydrogens is 424 g/mol. The van der Waals surface area contributed by atoms with Gasteiger partial charge in [-0.15, -0.1) is 0 Å². The topological polar surface area (TPSA) is 68.2 Å². The van der Waals surface area contributed by atoms with Crippen LogP contribution in [0.2, 0.25) is 0 Å². The van der Waals surface area contributed by atoms with E-state index in [9.17, 15) is 8.42 Å². The van der Waals surface area contributed by atoms with Gasteiger partial charge in [0.25, 0.3) is 10.0 Å². The summed E-state index contributed by atoms with van der Waals surface area (Å²) < 4.78 is 38.1. The number of hydrogen-bond donors (Lipinski definition) is 0. The lowest BCUT2D eigenvalue weighted by molar-refractivity contribution is 0.269. The van der Waals surface area contributed by atoms with Gasteiger partial charge in [0.1, 0.15) is 6.61 Å². The fourth-order valence-electron chi connectivity index (χ4n) is 2.99. The number of nitrogens with zero attached hydrogens (tertiary/aromatic N) is 2. The molecule has 0 saturated heterocycles. The largest absolute Gasteiger partial charge is 0.490 e. The van der Waals surface area contributed by atoms with Crippen molar-refractivity contribution >= 4 is 16.2 Å². The third-order valence-electron chi connectivity index (χ3n) is 4.95. The number of hydrogen-bond acceptors (Lipinski definition) is 5. The highest BCUT2D eigenvalue weighted by Crippen LogP contribution is 2.29. The van der Waals surface area contributed by atoms with E-state index < -0.39 is 10.0 Å². The molecule has 6 nitrogen and oxygen atoms in total. The minimum Gasteiger partial charge on any atom is -0.490 e. The molecule has 0 spiro atoms. The van der Waals surface area contributed by atoms with Gasteiger partial charge >= 0.3 is 0 Å². The van der Waals surface area contributed by atoms with Crippen LogP contribution in [-0.4, -0.2) is 32.7 Å². The molecule has 3 aromatic carbocycles. The smallest absolute Gasteiger partial charge is 0.278 e. The van der Waals surface area contributed by atoms with Crippen LogP contribution in [0.15, 0.2) is 76.7 Å². The van der Waals surface area contributed by atoms with E-state index in [-0.39, 0.29) is 4.90 Å². The van der Waals surface area contributed by atoms with E-state index in [0.29, 0.717) is 30.3 Å². The summed E-state index contributed by atoms with van der Waals surface area (Å²) in [4.78, 5) is 0.192. The molecule has 0 fully saturated rings. The van der Waals surface area contributed by atoms with E-state index in [1.54, 1.807) is 36.4 Å². The van der Waals surface area contributed by atoms with Gasteiger partial charge in [-0.05, 0) is 67.8 Å². The highest BCUT2D eigenvalue weighted by atomic mass is 32.2. The monoisotopic (exact) mass is 452 g/mol. The minimum atomic E-state index is -3.72. The summed E-state index contributed by atoms with van der Waals surface area (Å²) >= 11 is 0. The molecule has 0 radical (unpaired) electrons. The number of rotatable bonds is 9. The quantitative estimate of drug-likeness (QED) is 0.341. The lowest BCUT2D eigenvalue weighted by Gasteiger charge is -2.15. The SMILES string of the molecule is CCOc1cc(C=NN(C)S(=O)(=O)c2ccc(C)cc2)ccc1OCc1ccccc1C. The summed E-state index contributed by atoms with van der Waals surface area (Å²) in [7, 11) is -2.31. The molecule has 0 aliphatic heterocycles. The van der Waals surface area contributed by atoms with E-state index in [2.05, 4.69) is 5.10 Å². The molecular formula is C25H28N2O4S. The lowest BCUT2D eigenvalue weighted by Crippen LogP contribution is -2.21. The maximum atomic E-state index is 12.7. The van der Waals surface area contributed by atoms with Gasteiger partial charge < -0.3 is 9.47 Å². The third-order valence-corrected chi connectivity index (χ3v) is 6.61. The highest BCUT2D eigenvalue weighted by molar-refractivity contribution is 7.89. The first-order valence-electron chi connectivity index (χ1n) is 10.3. The van der Waals surface area contributed by atoms with Crippen molar-refractivity contribution in [1.29, 1.82) is 0 Å². The van der Waals surface area contributed by atoms with Crippen LogP contribution in [-0.2, 0) is 16.6 Å². The Balaban J connectivity index is 1.76. The molecule has 0 N–H and O–H groups in total. The normalized spacial score (nSPS) is 11.5. The summed E-state index contributed by atoms with van der Waals surface area (Å²) in [6, 6.07) is 20.1. The molecule has 168 valence electrons. The number of sulfonamides is 1. The summed E-state index contributed by atoms with van der Waals surface area (Å²) in [5, 5.41) is 4.12. The molecule has 0 aromatic heterocycles. The maximum absolute atomic E-state index is 12.7. The van der Waals surface area contributed by atoms with Crippen molar-refractivity contribution in [2.24, 2.45) is 5.10 Å². The Hall–Kier alpha value is -3.32. The van der Waals surface area contributed by atoms with Crippen molar-refractivity contribution in [3.8, 4) is 11.5 Å². The maximum Gasteiger partial charge on any atom is 0.278 e. The summed E-state index contributed by atoms with van der Waals surface area (Å²) in [6.45, 7) is 6.75. The van der Waals surface area contributed by atoms with Crippen LogP contribution in [0, 0.1) is 13.8 Å². The second kappa shape index (κ2) is 10.3. The van der Waals surface area contributed by atoms with E-state index in [4.69, 9.17) is 9.47 Å². The van der Waals surface area contributed by atoms with Crippen molar-refractivity contribution in [1.82, 2.24) is 4.41 Å². The second-order valence-electron chi connectivity index (χ2n) is 7.35. The Labute approximate surface area is 190 Å². The molecule has 0 amide bonds. The molecule has 7 heteroatoms. The first-order valence-corrected chi connectivity index (χ1v) is 11.8. The van der Waals surface area contributed by atoms with Gasteiger partial charge in [0.15, 0.2) is 11.5 Å². The Bertz CT molecular complexity index is 1190. The summed E-state index contributed by atoms with van der Waals surface area (Å²) in [6.07, 6.45) is 1.49. The van der Waals surface area contributed by atoms with Crippen molar-refractivity contribution < 1.29 is 17.9 Å². The number of ether oxygens (including phenoxy) is 2. The highest BCUT2D eigenvalue weighted by Gasteiger charge is 2.18. The van der Waals surface area contributed by atoms with Crippen molar-refractivity contribution in [2.75, 3.05) is 13.7 Å². The van der Waals surface area contributed by atoms with E-state index in [1.165, 1.54) is 13.3 Å². The Morgan fingerprint density at radius 3 is 2.34 bits per heavy atom. The van der Waals surface area contributed by atoms with Crippen LogP contribution in [0.5, 0.6) is 11.5 Å². The average Bonchev–Trinajstić information content (AvgIpc) is 2.78. The Morgan fingerprint density at radius 2 is 1.66 bits per heavy atom. The molecule has 0 bridgehead atoms. The van der Waals surface area contributed by atoms with Gasteiger partial charge in [0.2, 0.25) is 0 Å². The molecule has 3 aromatic rings. The van der Waals surface area contributed by atoms with Crippen LogP contribution in [0.25, 0.3) is 0 Å². The van der Waals surface area contributed by atoms with Gasteiger partial charge in [0, 0.05) is 7.05 Å².